The quantitative estimate of drug-likeness (QED) is 0.819. The summed E-state index contributed by atoms with van der Waals surface area (Å²) in [6.45, 7) is 2.52. The number of pyridine rings is 1. The molecule has 5 heteroatoms. The summed E-state index contributed by atoms with van der Waals surface area (Å²) < 4.78 is 2.02. The number of fused-ring (bicyclic) bond motifs is 1. The van der Waals surface area contributed by atoms with Gasteiger partial charge in [0.25, 0.3) is 0 Å². The zero-order valence-electron chi connectivity index (χ0n) is 7.80. The van der Waals surface area contributed by atoms with Gasteiger partial charge in [-0.25, -0.2) is 4.98 Å². The summed E-state index contributed by atoms with van der Waals surface area (Å²) in [7, 11) is 0. The maximum absolute atomic E-state index is 5.60. The van der Waals surface area contributed by atoms with Crippen molar-refractivity contribution < 1.29 is 0 Å². The third-order valence-electron chi connectivity index (χ3n) is 2.02. The van der Waals surface area contributed by atoms with E-state index in [4.69, 9.17) is 5.73 Å². The summed E-state index contributed by atoms with van der Waals surface area (Å²) in [5.41, 5.74) is 8.67. The minimum absolute atomic E-state index is 0. The van der Waals surface area contributed by atoms with Gasteiger partial charge in [0.2, 0.25) is 0 Å². The predicted molar refractivity (Wildman–Crippen MR) is 62.3 cm³/mol. The van der Waals surface area contributed by atoms with Gasteiger partial charge in [-0.3, -0.25) is 0 Å². The van der Waals surface area contributed by atoms with Gasteiger partial charge in [0.05, 0.1) is 11.4 Å². The van der Waals surface area contributed by atoms with Crippen molar-refractivity contribution in [3.05, 3.63) is 35.8 Å². The molecule has 0 aliphatic carbocycles. The maximum atomic E-state index is 5.60. The molecule has 2 heterocycles. The highest BCUT2D eigenvalue weighted by Gasteiger charge is 2.04. The van der Waals surface area contributed by atoms with Crippen molar-refractivity contribution in [3.8, 4) is 0 Å². The fourth-order valence-corrected chi connectivity index (χ4v) is 1.41. The lowest BCUT2D eigenvalue weighted by Gasteiger charge is -1.96. The zero-order valence-corrected chi connectivity index (χ0v) is 9.44. The molecule has 3 nitrogen and oxygen atoms in total. The van der Waals surface area contributed by atoms with Gasteiger partial charge in [-0.1, -0.05) is 6.07 Å². The van der Waals surface area contributed by atoms with Crippen LogP contribution in [-0.4, -0.2) is 9.38 Å². The Labute approximate surface area is 95.1 Å². The lowest BCUT2D eigenvalue weighted by atomic mass is 10.3. The minimum Gasteiger partial charge on any atom is -0.325 e. The summed E-state index contributed by atoms with van der Waals surface area (Å²) in [6, 6.07) is 5.93. The topological polar surface area (TPSA) is 43.3 Å². The molecule has 0 aromatic carbocycles. The molecule has 0 aliphatic rings. The molecule has 14 heavy (non-hydrogen) atoms. The van der Waals surface area contributed by atoms with E-state index < -0.39 is 0 Å². The molecular formula is C9H13Cl2N3. The molecule has 0 atom stereocenters. The van der Waals surface area contributed by atoms with Gasteiger partial charge in [-0.2, -0.15) is 0 Å². The Morgan fingerprint density at radius 1 is 1.36 bits per heavy atom. The average Bonchev–Trinajstić information content (AvgIpc) is 2.40. The number of imidazole rings is 1. The van der Waals surface area contributed by atoms with Crippen molar-refractivity contribution in [1.29, 1.82) is 0 Å². The highest BCUT2D eigenvalue weighted by molar-refractivity contribution is 5.85. The summed E-state index contributed by atoms with van der Waals surface area (Å²) >= 11 is 0. The van der Waals surface area contributed by atoms with Crippen LogP contribution in [-0.2, 0) is 6.54 Å². The van der Waals surface area contributed by atoms with Crippen LogP contribution in [0.1, 0.15) is 11.4 Å². The average molecular weight is 234 g/mol. The number of aromatic nitrogens is 2. The standard InChI is InChI=1S/C9H11N3.2ClH/c1-7-8(6-10)12-5-3-2-4-9(12)11-7;;/h2-5H,6,10H2,1H3;2*1H. The largest absolute Gasteiger partial charge is 0.325 e. The van der Waals surface area contributed by atoms with E-state index in [-0.39, 0.29) is 24.8 Å². The second kappa shape index (κ2) is 5.20. The second-order valence-electron chi connectivity index (χ2n) is 2.78. The second-order valence-corrected chi connectivity index (χ2v) is 2.78. The van der Waals surface area contributed by atoms with Gasteiger partial charge in [-0.15, -0.1) is 24.8 Å². The summed E-state index contributed by atoms with van der Waals surface area (Å²) in [4.78, 5) is 4.37. The van der Waals surface area contributed by atoms with Crippen LogP contribution < -0.4 is 5.73 Å². The molecule has 0 amide bonds. The smallest absolute Gasteiger partial charge is 0.137 e. The lowest BCUT2D eigenvalue weighted by Crippen LogP contribution is -2.01. The van der Waals surface area contributed by atoms with Crippen molar-refractivity contribution in [3.63, 3.8) is 0 Å². The number of halogens is 2. The van der Waals surface area contributed by atoms with Gasteiger partial charge in [0, 0.05) is 12.7 Å². The monoisotopic (exact) mass is 233 g/mol. The van der Waals surface area contributed by atoms with Crippen LogP contribution in [0.5, 0.6) is 0 Å². The van der Waals surface area contributed by atoms with Gasteiger partial charge < -0.3 is 10.1 Å². The molecule has 0 unspecified atom stereocenters. The van der Waals surface area contributed by atoms with E-state index in [1.54, 1.807) is 0 Å². The van der Waals surface area contributed by atoms with Crippen LogP contribution in [0.15, 0.2) is 24.4 Å². The summed E-state index contributed by atoms with van der Waals surface area (Å²) in [6.07, 6.45) is 1.98. The van der Waals surface area contributed by atoms with Crippen LogP contribution in [0.4, 0.5) is 0 Å². The highest BCUT2D eigenvalue weighted by Crippen LogP contribution is 2.09. The third kappa shape index (κ3) is 2.00. The van der Waals surface area contributed by atoms with Crippen molar-refractivity contribution in [2.24, 2.45) is 5.73 Å². The molecule has 0 spiro atoms. The number of nitrogens with two attached hydrogens (primary N) is 1. The normalized spacial score (nSPS) is 9.29. The Morgan fingerprint density at radius 3 is 2.71 bits per heavy atom. The molecule has 78 valence electrons. The van der Waals surface area contributed by atoms with E-state index in [1.807, 2.05) is 35.7 Å². The molecule has 2 aromatic heterocycles. The van der Waals surface area contributed by atoms with Gasteiger partial charge in [0.15, 0.2) is 0 Å². The first-order chi connectivity index (χ1) is 5.83. The molecule has 0 aliphatic heterocycles. The number of nitrogens with zero attached hydrogens (tertiary/aromatic N) is 2. The Hall–Kier alpha value is -0.770. The molecule has 0 saturated heterocycles. The number of rotatable bonds is 1. The SMILES string of the molecule is Cc1nc2ccccn2c1CN.Cl.Cl. The first kappa shape index (κ1) is 13.2. The molecule has 0 radical (unpaired) electrons. The van der Waals surface area contributed by atoms with Crippen LogP contribution >= 0.6 is 24.8 Å². The van der Waals surface area contributed by atoms with Gasteiger partial charge >= 0.3 is 0 Å². The first-order valence-corrected chi connectivity index (χ1v) is 3.95. The number of hydrogen-bond donors (Lipinski definition) is 1. The van der Waals surface area contributed by atoms with Crippen LogP contribution in [0.25, 0.3) is 5.65 Å². The van der Waals surface area contributed by atoms with Gasteiger partial charge in [0.1, 0.15) is 5.65 Å². The molecule has 0 bridgehead atoms. The molecule has 2 aromatic rings. The zero-order chi connectivity index (χ0) is 8.55. The van der Waals surface area contributed by atoms with E-state index in [9.17, 15) is 0 Å². The Balaban J connectivity index is 0.000000845. The van der Waals surface area contributed by atoms with Crippen LogP contribution in [0, 0.1) is 6.92 Å². The maximum Gasteiger partial charge on any atom is 0.137 e. The molecule has 0 saturated carbocycles. The van der Waals surface area contributed by atoms with E-state index in [2.05, 4.69) is 4.98 Å². The number of aryl methyl sites for hydroxylation is 1. The van der Waals surface area contributed by atoms with E-state index in [0.29, 0.717) is 6.54 Å². The molecule has 0 fully saturated rings. The van der Waals surface area contributed by atoms with E-state index in [0.717, 1.165) is 17.0 Å². The molecular weight excluding hydrogens is 221 g/mol. The highest BCUT2D eigenvalue weighted by atomic mass is 35.5. The van der Waals surface area contributed by atoms with E-state index in [1.165, 1.54) is 0 Å². The summed E-state index contributed by atoms with van der Waals surface area (Å²) in [5.74, 6) is 0. The fourth-order valence-electron chi connectivity index (χ4n) is 1.41. The first-order valence-electron chi connectivity index (χ1n) is 3.95. The van der Waals surface area contributed by atoms with Gasteiger partial charge in [-0.05, 0) is 19.1 Å². The third-order valence-corrected chi connectivity index (χ3v) is 2.02. The molecule has 2 N–H and O–H groups in total. The Morgan fingerprint density at radius 2 is 2.07 bits per heavy atom. The van der Waals surface area contributed by atoms with Crippen molar-refractivity contribution in [1.82, 2.24) is 9.38 Å². The Bertz CT molecular complexity index is 411. The predicted octanol–water partition coefficient (Wildman–Crippen LogP) is 1.95. The van der Waals surface area contributed by atoms with E-state index >= 15 is 0 Å². The van der Waals surface area contributed by atoms with Crippen molar-refractivity contribution in [2.75, 3.05) is 0 Å². The number of hydrogen-bond acceptors (Lipinski definition) is 2. The Kier molecular flexibility index (Phi) is 4.91. The van der Waals surface area contributed by atoms with Crippen LogP contribution in [0.2, 0.25) is 0 Å². The van der Waals surface area contributed by atoms with Crippen molar-refractivity contribution >= 4 is 30.5 Å². The van der Waals surface area contributed by atoms with Crippen LogP contribution in [0.3, 0.4) is 0 Å². The summed E-state index contributed by atoms with van der Waals surface area (Å²) in [5, 5.41) is 0. The molecule has 2 rings (SSSR count). The lowest BCUT2D eigenvalue weighted by molar-refractivity contribution is 0.944. The minimum atomic E-state index is 0. The fraction of sp³-hybridized carbons (Fsp3) is 0.222. The van der Waals surface area contributed by atoms with Crippen molar-refractivity contribution in [2.45, 2.75) is 13.5 Å².